The Morgan fingerprint density at radius 2 is 2.22 bits per heavy atom. The molecule has 18 heavy (non-hydrogen) atoms. The molecule has 94 valence electrons. The van der Waals surface area contributed by atoms with E-state index in [4.69, 9.17) is 22.1 Å². The number of nitrogens with two attached hydrogens (primary N) is 1. The van der Waals surface area contributed by atoms with Gasteiger partial charge in [0.05, 0.1) is 4.47 Å². The van der Waals surface area contributed by atoms with E-state index in [1.807, 2.05) is 25.1 Å². The maximum Gasteiger partial charge on any atom is 0.233 e. The van der Waals surface area contributed by atoms with Crippen LogP contribution in [0.15, 0.2) is 34.9 Å². The number of nitrogens with zero attached hydrogens (tertiary/aromatic N) is 1. The maximum atomic E-state index is 6.07. The second-order valence-corrected chi connectivity index (χ2v) is 5.08. The predicted octanol–water partition coefficient (Wildman–Crippen LogP) is 4.06. The summed E-state index contributed by atoms with van der Waals surface area (Å²) in [7, 11) is 0. The number of hydrogen-bond acceptors (Lipinski definition) is 3. The van der Waals surface area contributed by atoms with Crippen LogP contribution in [-0.4, -0.2) is 4.98 Å². The van der Waals surface area contributed by atoms with Gasteiger partial charge >= 0.3 is 0 Å². The Bertz CT molecular complexity index is 575. The molecule has 0 radical (unpaired) electrons. The molecule has 0 aliphatic heterocycles. The lowest BCUT2D eigenvalue weighted by Gasteiger charge is -2.11. The van der Waals surface area contributed by atoms with Gasteiger partial charge in [0.25, 0.3) is 0 Å². The molecule has 0 unspecified atom stereocenters. The Balaban J connectivity index is 2.37. The van der Waals surface area contributed by atoms with Crippen molar-refractivity contribution in [2.45, 2.75) is 13.5 Å². The molecule has 1 aromatic heterocycles. The number of benzene rings is 1. The van der Waals surface area contributed by atoms with Crippen LogP contribution in [0.1, 0.15) is 11.1 Å². The molecule has 0 aliphatic carbocycles. The molecule has 0 spiro atoms. The van der Waals surface area contributed by atoms with Crippen molar-refractivity contribution >= 4 is 27.5 Å². The van der Waals surface area contributed by atoms with Crippen molar-refractivity contribution in [2.75, 3.05) is 0 Å². The van der Waals surface area contributed by atoms with Crippen molar-refractivity contribution in [2.24, 2.45) is 5.73 Å². The second-order valence-electron chi connectivity index (χ2n) is 3.82. The molecule has 0 saturated heterocycles. The first-order valence-corrected chi connectivity index (χ1v) is 6.56. The largest absolute Gasteiger partial charge is 0.437 e. The Hall–Kier alpha value is -1.10. The summed E-state index contributed by atoms with van der Waals surface area (Å²) < 4.78 is 6.54. The van der Waals surface area contributed by atoms with Crippen LogP contribution < -0.4 is 10.5 Å². The van der Waals surface area contributed by atoms with E-state index in [9.17, 15) is 0 Å². The zero-order chi connectivity index (χ0) is 13.1. The first-order valence-electron chi connectivity index (χ1n) is 5.39. The Morgan fingerprint density at radius 1 is 1.44 bits per heavy atom. The smallest absolute Gasteiger partial charge is 0.233 e. The van der Waals surface area contributed by atoms with E-state index in [0.717, 1.165) is 15.6 Å². The third-order valence-electron chi connectivity index (χ3n) is 2.43. The molecule has 0 aliphatic rings. The maximum absolute atomic E-state index is 6.07. The molecule has 2 N–H and O–H groups in total. The van der Waals surface area contributed by atoms with E-state index in [-0.39, 0.29) is 0 Å². The van der Waals surface area contributed by atoms with Crippen LogP contribution in [0.3, 0.4) is 0 Å². The summed E-state index contributed by atoms with van der Waals surface area (Å²) in [6.07, 6.45) is 1.74. The van der Waals surface area contributed by atoms with Gasteiger partial charge in [-0.3, -0.25) is 0 Å². The number of pyridine rings is 1. The van der Waals surface area contributed by atoms with Crippen molar-refractivity contribution < 1.29 is 4.74 Å². The van der Waals surface area contributed by atoms with Gasteiger partial charge < -0.3 is 10.5 Å². The highest BCUT2D eigenvalue weighted by Crippen LogP contribution is 2.32. The number of aromatic nitrogens is 1. The quantitative estimate of drug-likeness (QED) is 0.925. The van der Waals surface area contributed by atoms with Gasteiger partial charge in [0, 0.05) is 23.3 Å². The summed E-state index contributed by atoms with van der Waals surface area (Å²) in [5, 5.41) is 0.596. The Morgan fingerprint density at radius 3 is 2.89 bits per heavy atom. The zero-order valence-electron chi connectivity index (χ0n) is 9.78. The molecule has 0 saturated carbocycles. The Kier molecular flexibility index (Phi) is 4.22. The molecule has 2 aromatic rings. The summed E-state index contributed by atoms with van der Waals surface area (Å²) in [5.74, 6) is 1.12. The highest BCUT2D eigenvalue weighted by Gasteiger charge is 2.10. The van der Waals surface area contributed by atoms with Crippen LogP contribution in [0.5, 0.6) is 11.6 Å². The average molecular weight is 328 g/mol. The van der Waals surface area contributed by atoms with Crippen LogP contribution in [-0.2, 0) is 6.54 Å². The topological polar surface area (TPSA) is 48.1 Å². The van der Waals surface area contributed by atoms with Crippen molar-refractivity contribution in [3.8, 4) is 11.6 Å². The Labute approximate surface area is 119 Å². The second kappa shape index (κ2) is 5.69. The predicted molar refractivity (Wildman–Crippen MR) is 76.1 cm³/mol. The number of halogens is 2. The van der Waals surface area contributed by atoms with Gasteiger partial charge in [0.15, 0.2) is 0 Å². The normalized spacial score (nSPS) is 10.4. The van der Waals surface area contributed by atoms with Gasteiger partial charge in [0.1, 0.15) is 5.75 Å². The molecule has 5 heteroatoms. The number of ether oxygens (including phenoxy) is 1. The van der Waals surface area contributed by atoms with Gasteiger partial charge in [-0.25, -0.2) is 4.98 Å². The third-order valence-corrected chi connectivity index (χ3v) is 3.35. The van der Waals surface area contributed by atoms with Gasteiger partial charge in [0.2, 0.25) is 5.88 Å². The molecule has 1 heterocycles. The van der Waals surface area contributed by atoms with Crippen molar-refractivity contribution in [3.05, 3.63) is 51.1 Å². The van der Waals surface area contributed by atoms with Crippen molar-refractivity contribution in [1.82, 2.24) is 4.98 Å². The van der Waals surface area contributed by atoms with Crippen molar-refractivity contribution in [3.63, 3.8) is 0 Å². The molecule has 0 amide bonds. The molecule has 3 nitrogen and oxygen atoms in total. The van der Waals surface area contributed by atoms with E-state index in [1.54, 1.807) is 12.3 Å². The van der Waals surface area contributed by atoms with Gasteiger partial charge in [-0.15, -0.1) is 0 Å². The third kappa shape index (κ3) is 2.83. The molecule has 0 bridgehead atoms. The lowest BCUT2D eigenvalue weighted by Crippen LogP contribution is -2.01. The molecule has 2 rings (SSSR count). The molecular weight excluding hydrogens is 316 g/mol. The highest BCUT2D eigenvalue weighted by atomic mass is 79.9. The first-order chi connectivity index (χ1) is 8.61. The molecule has 1 aromatic carbocycles. The summed E-state index contributed by atoms with van der Waals surface area (Å²) in [6.45, 7) is 2.28. The molecule has 0 fully saturated rings. The van der Waals surface area contributed by atoms with E-state index < -0.39 is 0 Å². The van der Waals surface area contributed by atoms with Gasteiger partial charge in [-0.05, 0) is 46.6 Å². The minimum atomic E-state index is 0.318. The van der Waals surface area contributed by atoms with Crippen molar-refractivity contribution in [1.29, 1.82) is 0 Å². The molecular formula is C13H12BrClN2O. The fraction of sp³-hybridized carbons (Fsp3) is 0.154. The van der Waals surface area contributed by atoms with E-state index in [1.165, 1.54) is 0 Å². The lowest BCUT2D eigenvalue weighted by molar-refractivity contribution is 0.454. The van der Waals surface area contributed by atoms with Crippen LogP contribution in [0, 0.1) is 6.92 Å². The highest BCUT2D eigenvalue weighted by molar-refractivity contribution is 9.10. The summed E-state index contributed by atoms with van der Waals surface area (Å²) in [5.41, 5.74) is 7.50. The monoisotopic (exact) mass is 326 g/mol. The minimum Gasteiger partial charge on any atom is -0.437 e. The van der Waals surface area contributed by atoms with Crippen LogP contribution in [0.25, 0.3) is 0 Å². The fourth-order valence-corrected chi connectivity index (χ4v) is 2.32. The summed E-state index contributed by atoms with van der Waals surface area (Å²) in [6, 6.07) is 7.37. The van der Waals surface area contributed by atoms with Crippen LogP contribution in [0.2, 0.25) is 5.02 Å². The molecule has 0 atom stereocenters. The van der Waals surface area contributed by atoms with Crippen LogP contribution in [0.4, 0.5) is 0 Å². The van der Waals surface area contributed by atoms with E-state index >= 15 is 0 Å². The van der Waals surface area contributed by atoms with Crippen LogP contribution >= 0.6 is 27.5 Å². The summed E-state index contributed by atoms with van der Waals surface area (Å²) >= 11 is 9.49. The fourth-order valence-electron chi connectivity index (χ4n) is 1.53. The van der Waals surface area contributed by atoms with Gasteiger partial charge in [-0.1, -0.05) is 17.7 Å². The summed E-state index contributed by atoms with van der Waals surface area (Å²) in [4.78, 5) is 4.23. The number of hydrogen-bond donors (Lipinski definition) is 1. The van der Waals surface area contributed by atoms with E-state index in [2.05, 4.69) is 20.9 Å². The van der Waals surface area contributed by atoms with E-state index in [0.29, 0.717) is 23.2 Å². The first kappa shape index (κ1) is 13.3. The number of aryl methyl sites for hydroxylation is 1. The zero-order valence-corrected chi connectivity index (χ0v) is 12.1. The minimum absolute atomic E-state index is 0.318. The lowest BCUT2D eigenvalue weighted by atomic mass is 10.2. The van der Waals surface area contributed by atoms with Gasteiger partial charge in [-0.2, -0.15) is 0 Å². The average Bonchev–Trinajstić information content (AvgIpc) is 2.33. The number of rotatable bonds is 3. The standard InChI is InChI=1S/C13H12BrClN2O/c1-8-5-10(14)13(17-7-8)18-12-4-2-3-11(15)9(12)6-16/h2-5,7H,6,16H2,1H3. The SMILES string of the molecule is Cc1cnc(Oc2cccc(Cl)c2CN)c(Br)c1.